The van der Waals surface area contributed by atoms with Gasteiger partial charge in [0.15, 0.2) is 6.29 Å². The second kappa shape index (κ2) is 12.1. The quantitative estimate of drug-likeness (QED) is 0.205. The Morgan fingerprint density at radius 1 is 1.00 bits per heavy atom. The average molecular weight is 445 g/mol. The second-order valence-corrected chi connectivity index (χ2v) is 6.97. The smallest absolute Gasteiger partial charge is 0.166 e. The van der Waals surface area contributed by atoms with Crippen LogP contribution in [0.3, 0.4) is 0 Å². The lowest BCUT2D eigenvalue weighted by Gasteiger charge is -2.23. The Balaban J connectivity index is 0.00000187. The first-order chi connectivity index (χ1) is 16.0. The highest BCUT2D eigenvalue weighted by Gasteiger charge is 2.24. The first-order valence-electron chi connectivity index (χ1n) is 10.2. The number of allylic oxidation sites excluding steroid dienone is 1. The molecule has 0 amide bonds. The van der Waals surface area contributed by atoms with Gasteiger partial charge in [0.1, 0.15) is 12.0 Å². The number of carbonyl (C=O) groups excluding carboxylic acids is 2. The highest BCUT2D eigenvalue weighted by Crippen LogP contribution is 2.34. The van der Waals surface area contributed by atoms with Crippen LogP contribution in [0, 0.1) is 5.41 Å². The maximum absolute atomic E-state index is 11.6. The van der Waals surface area contributed by atoms with E-state index in [1.54, 1.807) is 61.6 Å². The third-order valence-corrected chi connectivity index (χ3v) is 5.03. The number of nitrogens with one attached hydrogen (secondary N) is 2. The van der Waals surface area contributed by atoms with Crippen molar-refractivity contribution in [1.82, 2.24) is 5.32 Å². The van der Waals surface area contributed by atoms with Crippen molar-refractivity contribution >= 4 is 18.3 Å². The van der Waals surface area contributed by atoms with Crippen LogP contribution in [0.25, 0.3) is 11.1 Å². The number of hydrogen-bond donors (Lipinski definition) is 5. The maximum atomic E-state index is 11.6. The third kappa shape index (κ3) is 5.79. The fraction of sp³-hybridized carbons (Fsp3) is 0.115. The maximum Gasteiger partial charge on any atom is 0.166 e. The molecule has 170 valence electrons. The Bertz CT molecular complexity index is 1160. The lowest BCUT2D eigenvalue weighted by Crippen LogP contribution is -2.27. The van der Waals surface area contributed by atoms with Crippen LogP contribution in [0.5, 0.6) is 5.75 Å². The van der Waals surface area contributed by atoms with Crippen molar-refractivity contribution in [2.75, 3.05) is 14.1 Å². The molecule has 3 rings (SSSR count). The zero-order chi connectivity index (χ0) is 24.4. The number of carbonyl (C=O) groups is 2. The normalized spacial score (nSPS) is 12.0. The number of aromatic hydroxyl groups is 1. The summed E-state index contributed by atoms with van der Waals surface area (Å²) in [4.78, 5) is 22.7. The summed E-state index contributed by atoms with van der Waals surface area (Å²) >= 11 is 0. The van der Waals surface area contributed by atoms with Gasteiger partial charge in [-0.2, -0.15) is 0 Å². The highest BCUT2D eigenvalue weighted by atomic mass is 16.3. The monoisotopic (exact) mass is 444 g/mol. The van der Waals surface area contributed by atoms with Crippen molar-refractivity contribution in [3.05, 3.63) is 101 Å². The SMILES string of the molecule is CN.CNC(/C(C(=N)c1ccccc1)=C(/N)C=O)c1ccc(O)c(-c2cccc(C=O)c2)c1. The number of nitrogens with two attached hydrogens (primary N) is 2. The Kier molecular flexibility index (Phi) is 9.23. The zero-order valence-corrected chi connectivity index (χ0v) is 18.6. The van der Waals surface area contributed by atoms with E-state index < -0.39 is 6.04 Å². The molecule has 0 saturated heterocycles. The Hall–Kier alpha value is -4.07. The van der Waals surface area contributed by atoms with Crippen LogP contribution in [-0.4, -0.2) is 37.5 Å². The fourth-order valence-corrected chi connectivity index (χ4v) is 3.50. The average Bonchev–Trinajstić information content (AvgIpc) is 2.88. The molecule has 0 aromatic heterocycles. The van der Waals surface area contributed by atoms with Crippen molar-refractivity contribution in [3.63, 3.8) is 0 Å². The van der Waals surface area contributed by atoms with Gasteiger partial charge < -0.3 is 21.9 Å². The number of hydrogen-bond acceptors (Lipinski definition) is 7. The standard InChI is InChI=1S/C25H23N3O3.CH5N/c1-28-25(23(21(26)15-30)24(27)17-7-3-2-4-8-17)19-10-11-22(31)20(13-19)18-9-5-6-16(12-18)14-29;1-2/h2-15,25,27-28,31H,26H2,1H3;2H2,1H3/b23-21+,27-24?;. The molecule has 0 aliphatic carbocycles. The van der Waals surface area contributed by atoms with E-state index in [-0.39, 0.29) is 17.2 Å². The fourth-order valence-electron chi connectivity index (χ4n) is 3.50. The molecule has 7 N–H and O–H groups in total. The van der Waals surface area contributed by atoms with Crippen LogP contribution in [0.4, 0.5) is 0 Å². The summed E-state index contributed by atoms with van der Waals surface area (Å²) in [5.41, 5.74) is 14.0. The summed E-state index contributed by atoms with van der Waals surface area (Å²) in [6.45, 7) is 0. The van der Waals surface area contributed by atoms with E-state index in [2.05, 4.69) is 11.1 Å². The van der Waals surface area contributed by atoms with E-state index in [0.717, 1.165) is 6.29 Å². The van der Waals surface area contributed by atoms with Crippen LogP contribution in [-0.2, 0) is 4.79 Å². The summed E-state index contributed by atoms with van der Waals surface area (Å²) in [5, 5.41) is 22.3. The zero-order valence-electron chi connectivity index (χ0n) is 18.6. The molecule has 0 bridgehead atoms. The molecule has 0 aliphatic rings. The number of aldehydes is 2. The summed E-state index contributed by atoms with van der Waals surface area (Å²) in [6.07, 6.45) is 1.28. The number of benzene rings is 3. The molecule has 0 aliphatic heterocycles. The highest BCUT2D eigenvalue weighted by molar-refractivity contribution is 6.13. The molecule has 7 heteroatoms. The molecular weight excluding hydrogens is 416 g/mol. The first-order valence-corrected chi connectivity index (χ1v) is 10.2. The van der Waals surface area contributed by atoms with E-state index >= 15 is 0 Å². The van der Waals surface area contributed by atoms with Crippen LogP contribution in [0.2, 0.25) is 0 Å². The molecule has 3 aromatic rings. The first kappa shape index (κ1) is 25.2. The van der Waals surface area contributed by atoms with Crippen molar-refractivity contribution in [2.45, 2.75) is 6.04 Å². The minimum Gasteiger partial charge on any atom is -0.507 e. The van der Waals surface area contributed by atoms with Crippen molar-refractivity contribution in [1.29, 1.82) is 5.41 Å². The lowest BCUT2D eigenvalue weighted by atomic mass is 9.88. The molecule has 0 heterocycles. The van der Waals surface area contributed by atoms with Gasteiger partial charge in [0, 0.05) is 16.7 Å². The molecule has 0 fully saturated rings. The van der Waals surface area contributed by atoms with Gasteiger partial charge in [-0.3, -0.25) is 15.0 Å². The van der Waals surface area contributed by atoms with Gasteiger partial charge >= 0.3 is 0 Å². The van der Waals surface area contributed by atoms with Crippen molar-refractivity contribution < 1.29 is 14.7 Å². The molecule has 7 nitrogen and oxygen atoms in total. The third-order valence-electron chi connectivity index (χ3n) is 5.03. The predicted octanol–water partition coefficient (Wildman–Crippen LogP) is 3.19. The lowest BCUT2D eigenvalue weighted by molar-refractivity contribution is -0.105. The molecule has 0 radical (unpaired) electrons. The van der Waals surface area contributed by atoms with Crippen molar-refractivity contribution in [3.8, 4) is 16.9 Å². The minimum absolute atomic E-state index is 0.0497. The van der Waals surface area contributed by atoms with Crippen molar-refractivity contribution in [2.24, 2.45) is 11.5 Å². The molecule has 0 saturated carbocycles. The molecular formula is C26H28N4O3. The van der Waals surface area contributed by atoms with Gasteiger partial charge in [-0.05, 0) is 49.0 Å². The number of likely N-dealkylation sites (N-methyl/N-ethyl adjacent to an activating group) is 1. The van der Waals surface area contributed by atoms with E-state index in [1.165, 1.54) is 7.05 Å². The van der Waals surface area contributed by atoms with Gasteiger partial charge in [0.2, 0.25) is 0 Å². The Morgan fingerprint density at radius 3 is 2.30 bits per heavy atom. The molecule has 1 unspecified atom stereocenters. The Labute approximate surface area is 193 Å². The number of phenols is 1. The predicted molar refractivity (Wildman–Crippen MR) is 131 cm³/mol. The summed E-state index contributed by atoms with van der Waals surface area (Å²) in [5.74, 6) is 0.0497. The largest absolute Gasteiger partial charge is 0.507 e. The van der Waals surface area contributed by atoms with Gasteiger partial charge in [-0.1, -0.05) is 54.6 Å². The van der Waals surface area contributed by atoms with Crippen LogP contribution in [0.1, 0.15) is 27.5 Å². The van der Waals surface area contributed by atoms with E-state index in [1.807, 2.05) is 18.2 Å². The second-order valence-electron chi connectivity index (χ2n) is 6.97. The molecule has 3 aromatic carbocycles. The van der Waals surface area contributed by atoms with Crippen LogP contribution in [0.15, 0.2) is 84.1 Å². The van der Waals surface area contributed by atoms with Crippen LogP contribution < -0.4 is 16.8 Å². The topological polar surface area (TPSA) is 142 Å². The Morgan fingerprint density at radius 2 is 1.70 bits per heavy atom. The van der Waals surface area contributed by atoms with Gasteiger partial charge in [-0.15, -0.1) is 0 Å². The van der Waals surface area contributed by atoms with E-state index in [4.69, 9.17) is 11.1 Å². The van der Waals surface area contributed by atoms with E-state index in [9.17, 15) is 14.7 Å². The molecule has 33 heavy (non-hydrogen) atoms. The summed E-state index contributed by atoms with van der Waals surface area (Å²) < 4.78 is 0. The number of rotatable bonds is 8. The van der Waals surface area contributed by atoms with Crippen LogP contribution >= 0.6 is 0 Å². The summed E-state index contributed by atoms with van der Waals surface area (Å²) in [7, 11) is 3.21. The summed E-state index contributed by atoms with van der Waals surface area (Å²) in [6, 6.07) is 20.4. The minimum atomic E-state index is -0.577. The van der Waals surface area contributed by atoms with Gasteiger partial charge in [0.05, 0.1) is 17.5 Å². The molecule has 0 spiro atoms. The van der Waals surface area contributed by atoms with E-state index in [0.29, 0.717) is 39.7 Å². The van der Waals surface area contributed by atoms with Gasteiger partial charge in [0.25, 0.3) is 0 Å². The number of phenolic OH excluding ortho intramolecular Hbond substituents is 1. The molecule has 1 atom stereocenters. The van der Waals surface area contributed by atoms with Gasteiger partial charge in [-0.25, -0.2) is 0 Å².